The predicted octanol–water partition coefficient (Wildman–Crippen LogP) is 0.555. The smallest absolute Gasteiger partial charge is 0.251 e. The Bertz CT molecular complexity index is 511. The van der Waals surface area contributed by atoms with E-state index in [2.05, 4.69) is 10.6 Å². The van der Waals surface area contributed by atoms with E-state index in [1.165, 1.54) is 0 Å². The largest absolute Gasteiger partial charge is 0.394 e. The standard InChI is InChI=1S/C12H13F2N3O2/c13-8-3-6(4-9(14)11(8)15)12(19)16-5-7-1-2-10(18)17-7/h3-4,7H,1-2,5,15H2,(H,16,19)(H,17,18). The minimum absolute atomic E-state index is 0.0659. The van der Waals surface area contributed by atoms with Gasteiger partial charge in [0.05, 0.1) is 0 Å². The molecule has 1 aromatic rings. The Morgan fingerprint density at radius 2 is 2.05 bits per heavy atom. The van der Waals surface area contributed by atoms with E-state index in [1.807, 2.05) is 0 Å². The van der Waals surface area contributed by atoms with E-state index in [0.29, 0.717) is 12.8 Å². The molecule has 7 heteroatoms. The van der Waals surface area contributed by atoms with Crippen LogP contribution in [0.2, 0.25) is 0 Å². The average Bonchev–Trinajstić information content (AvgIpc) is 2.78. The Labute approximate surface area is 108 Å². The van der Waals surface area contributed by atoms with Crippen molar-refractivity contribution in [1.82, 2.24) is 10.6 Å². The summed E-state index contributed by atoms with van der Waals surface area (Å²) in [4.78, 5) is 22.7. The molecule has 0 saturated carbocycles. The van der Waals surface area contributed by atoms with Crippen LogP contribution >= 0.6 is 0 Å². The summed E-state index contributed by atoms with van der Waals surface area (Å²) in [6, 6.07) is 1.61. The fraction of sp³-hybridized carbons (Fsp3) is 0.333. The van der Waals surface area contributed by atoms with Gasteiger partial charge in [-0.05, 0) is 18.6 Å². The van der Waals surface area contributed by atoms with Gasteiger partial charge >= 0.3 is 0 Å². The van der Waals surface area contributed by atoms with Gasteiger partial charge in [0.2, 0.25) is 5.91 Å². The van der Waals surface area contributed by atoms with Gasteiger partial charge in [0, 0.05) is 24.6 Å². The molecule has 2 amide bonds. The number of benzene rings is 1. The Kier molecular flexibility index (Phi) is 3.64. The topological polar surface area (TPSA) is 84.2 Å². The van der Waals surface area contributed by atoms with Crippen LogP contribution < -0.4 is 16.4 Å². The first-order valence-electron chi connectivity index (χ1n) is 5.79. The summed E-state index contributed by atoms with van der Waals surface area (Å²) in [6.07, 6.45) is 1.05. The van der Waals surface area contributed by atoms with Crippen molar-refractivity contribution >= 4 is 17.5 Å². The highest BCUT2D eigenvalue weighted by atomic mass is 19.1. The van der Waals surface area contributed by atoms with Crippen molar-refractivity contribution in [3.63, 3.8) is 0 Å². The average molecular weight is 269 g/mol. The summed E-state index contributed by atoms with van der Waals surface area (Å²) in [7, 11) is 0. The fourth-order valence-corrected chi connectivity index (χ4v) is 1.86. The number of nitrogens with two attached hydrogens (primary N) is 1. The van der Waals surface area contributed by atoms with Crippen LogP contribution in [0.3, 0.4) is 0 Å². The van der Waals surface area contributed by atoms with Crippen LogP contribution in [0.4, 0.5) is 14.5 Å². The first kappa shape index (κ1) is 13.3. The Balaban J connectivity index is 1.98. The normalized spacial score (nSPS) is 18.2. The third-order valence-corrected chi connectivity index (χ3v) is 2.94. The number of nitrogens with one attached hydrogen (secondary N) is 2. The minimum atomic E-state index is -0.973. The molecule has 1 aromatic carbocycles. The molecule has 102 valence electrons. The molecular weight excluding hydrogens is 256 g/mol. The zero-order valence-electron chi connectivity index (χ0n) is 10.0. The minimum Gasteiger partial charge on any atom is -0.394 e. The molecule has 0 aliphatic carbocycles. The summed E-state index contributed by atoms with van der Waals surface area (Å²) >= 11 is 0. The number of hydrogen-bond acceptors (Lipinski definition) is 3. The maximum Gasteiger partial charge on any atom is 0.251 e. The van der Waals surface area contributed by atoms with Crippen molar-refractivity contribution in [1.29, 1.82) is 0 Å². The maximum absolute atomic E-state index is 13.2. The van der Waals surface area contributed by atoms with Crippen LogP contribution in [0.1, 0.15) is 23.2 Å². The summed E-state index contributed by atoms with van der Waals surface area (Å²) in [5.41, 5.74) is 4.35. The third-order valence-electron chi connectivity index (χ3n) is 2.94. The second-order valence-electron chi connectivity index (χ2n) is 4.37. The lowest BCUT2D eigenvalue weighted by Crippen LogP contribution is -2.38. The Morgan fingerprint density at radius 3 is 2.58 bits per heavy atom. The van der Waals surface area contributed by atoms with Crippen molar-refractivity contribution in [2.75, 3.05) is 12.3 Å². The van der Waals surface area contributed by atoms with Gasteiger partial charge in [0.15, 0.2) is 0 Å². The molecule has 1 atom stereocenters. The SMILES string of the molecule is Nc1c(F)cc(C(=O)NCC2CCC(=O)N2)cc1F. The maximum atomic E-state index is 13.2. The second kappa shape index (κ2) is 5.21. The summed E-state index contributed by atoms with van der Waals surface area (Å²) in [6.45, 7) is 0.220. The number of anilines is 1. The Morgan fingerprint density at radius 1 is 1.42 bits per heavy atom. The molecule has 0 spiro atoms. The first-order chi connectivity index (χ1) is 8.97. The lowest BCUT2D eigenvalue weighted by atomic mass is 10.1. The van der Waals surface area contributed by atoms with Crippen LogP contribution in [0.25, 0.3) is 0 Å². The number of carbonyl (C=O) groups excluding carboxylic acids is 2. The van der Waals surface area contributed by atoms with E-state index in [4.69, 9.17) is 5.73 Å². The highest BCUT2D eigenvalue weighted by Crippen LogP contribution is 2.17. The molecule has 1 saturated heterocycles. The van der Waals surface area contributed by atoms with Gasteiger partial charge in [-0.15, -0.1) is 0 Å². The highest BCUT2D eigenvalue weighted by molar-refractivity contribution is 5.94. The van der Waals surface area contributed by atoms with Gasteiger partial charge in [-0.25, -0.2) is 8.78 Å². The van der Waals surface area contributed by atoms with Gasteiger partial charge in [-0.1, -0.05) is 0 Å². The molecule has 1 aliphatic rings. The van der Waals surface area contributed by atoms with E-state index in [9.17, 15) is 18.4 Å². The van der Waals surface area contributed by atoms with Gasteiger partial charge in [-0.3, -0.25) is 9.59 Å². The number of hydrogen-bond donors (Lipinski definition) is 3. The second-order valence-corrected chi connectivity index (χ2v) is 4.37. The van der Waals surface area contributed by atoms with E-state index in [-0.39, 0.29) is 24.1 Å². The monoisotopic (exact) mass is 269 g/mol. The molecule has 5 nitrogen and oxygen atoms in total. The molecule has 0 bridgehead atoms. The molecule has 19 heavy (non-hydrogen) atoms. The number of halogens is 2. The first-order valence-corrected chi connectivity index (χ1v) is 5.79. The van der Waals surface area contributed by atoms with Crippen molar-refractivity contribution < 1.29 is 18.4 Å². The summed E-state index contributed by atoms with van der Waals surface area (Å²) in [5, 5.41) is 5.18. The molecule has 1 unspecified atom stereocenters. The molecule has 4 N–H and O–H groups in total. The molecule has 1 fully saturated rings. The van der Waals surface area contributed by atoms with Crippen molar-refractivity contribution in [3.05, 3.63) is 29.3 Å². The van der Waals surface area contributed by atoms with Gasteiger partial charge in [-0.2, -0.15) is 0 Å². The van der Waals surface area contributed by atoms with E-state index >= 15 is 0 Å². The van der Waals surface area contributed by atoms with Crippen LogP contribution in [0, 0.1) is 11.6 Å². The van der Waals surface area contributed by atoms with Crippen molar-refractivity contribution in [2.24, 2.45) is 0 Å². The lowest BCUT2D eigenvalue weighted by molar-refractivity contribution is -0.119. The number of nitrogen functional groups attached to an aromatic ring is 1. The molecular formula is C12H13F2N3O2. The molecule has 0 radical (unpaired) electrons. The van der Waals surface area contributed by atoms with Crippen LogP contribution in [-0.4, -0.2) is 24.4 Å². The predicted molar refractivity (Wildman–Crippen MR) is 64.3 cm³/mol. The van der Waals surface area contributed by atoms with E-state index < -0.39 is 23.2 Å². The molecule has 2 rings (SSSR count). The summed E-state index contributed by atoms with van der Waals surface area (Å²) in [5.74, 6) is -2.62. The lowest BCUT2D eigenvalue weighted by Gasteiger charge is -2.11. The van der Waals surface area contributed by atoms with Crippen molar-refractivity contribution in [2.45, 2.75) is 18.9 Å². The fourth-order valence-electron chi connectivity index (χ4n) is 1.86. The van der Waals surface area contributed by atoms with Gasteiger partial charge < -0.3 is 16.4 Å². The number of rotatable bonds is 3. The van der Waals surface area contributed by atoms with Crippen LogP contribution in [0.15, 0.2) is 12.1 Å². The van der Waals surface area contributed by atoms with E-state index in [1.54, 1.807) is 0 Å². The molecule has 0 aromatic heterocycles. The highest BCUT2D eigenvalue weighted by Gasteiger charge is 2.21. The van der Waals surface area contributed by atoms with Crippen LogP contribution in [0.5, 0.6) is 0 Å². The zero-order chi connectivity index (χ0) is 14.0. The summed E-state index contributed by atoms with van der Waals surface area (Å²) < 4.78 is 26.4. The van der Waals surface area contributed by atoms with E-state index in [0.717, 1.165) is 12.1 Å². The van der Waals surface area contributed by atoms with Crippen LogP contribution in [-0.2, 0) is 4.79 Å². The quantitative estimate of drug-likeness (QED) is 0.701. The number of amides is 2. The molecule has 1 aliphatic heterocycles. The van der Waals surface area contributed by atoms with Gasteiger partial charge in [0.25, 0.3) is 5.91 Å². The zero-order valence-corrected chi connectivity index (χ0v) is 10.0. The third kappa shape index (κ3) is 2.98. The number of carbonyl (C=O) groups is 2. The Hall–Kier alpha value is -2.18. The molecule has 1 heterocycles. The van der Waals surface area contributed by atoms with Gasteiger partial charge in [0.1, 0.15) is 17.3 Å². The van der Waals surface area contributed by atoms with Crippen molar-refractivity contribution in [3.8, 4) is 0 Å².